The van der Waals surface area contributed by atoms with Crippen LogP contribution in [0, 0.1) is 15.9 Å². The molecule has 0 amide bonds. The van der Waals surface area contributed by atoms with E-state index in [1.807, 2.05) is 24.3 Å². The van der Waals surface area contributed by atoms with Crippen LogP contribution in [-0.4, -0.2) is 4.92 Å². The van der Waals surface area contributed by atoms with Crippen molar-refractivity contribution in [2.24, 2.45) is 0 Å². The van der Waals surface area contributed by atoms with Crippen molar-refractivity contribution >= 4 is 27.3 Å². The number of rotatable bonds is 4. The Labute approximate surface area is 117 Å². The maximum atomic E-state index is 13.1. The molecule has 0 atom stereocenters. The van der Waals surface area contributed by atoms with E-state index in [2.05, 4.69) is 21.2 Å². The van der Waals surface area contributed by atoms with E-state index in [0.717, 1.165) is 28.2 Å². The van der Waals surface area contributed by atoms with Crippen LogP contribution in [0.15, 0.2) is 46.9 Å². The molecule has 0 unspecified atom stereocenters. The highest BCUT2D eigenvalue weighted by molar-refractivity contribution is 9.10. The predicted octanol–water partition coefficient (Wildman–Crippen LogP) is 4.11. The number of benzene rings is 2. The summed E-state index contributed by atoms with van der Waals surface area (Å²) in [6.45, 7) is 0.386. The molecule has 0 spiro atoms. The number of anilines is 1. The lowest BCUT2D eigenvalue weighted by atomic mass is 10.2. The first kappa shape index (κ1) is 13.5. The highest BCUT2D eigenvalue weighted by atomic mass is 79.9. The molecule has 6 heteroatoms. The average Bonchev–Trinajstić information content (AvgIpc) is 2.38. The molecule has 0 heterocycles. The lowest BCUT2D eigenvalue weighted by Crippen LogP contribution is -2.03. The molecule has 0 fully saturated rings. The molecule has 19 heavy (non-hydrogen) atoms. The second-order valence-corrected chi connectivity index (χ2v) is 4.81. The van der Waals surface area contributed by atoms with Crippen molar-refractivity contribution in [3.05, 3.63) is 68.4 Å². The number of nitro benzene ring substituents is 1. The summed E-state index contributed by atoms with van der Waals surface area (Å²) in [5, 5.41) is 13.7. The topological polar surface area (TPSA) is 55.2 Å². The number of halogens is 2. The second kappa shape index (κ2) is 5.79. The van der Waals surface area contributed by atoms with Crippen LogP contribution in [0.3, 0.4) is 0 Å². The van der Waals surface area contributed by atoms with Crippen LogP contribution in [0.5, 0.6) is 0 Å². The summed E-state index contributed by atoms with van der Waals surface area (Å²) < 4.78 is 14.1. The fourth-order valence-electron chi connectivity index (χ4n) is 1.61. The molecule has 0 aliphatic carbocycles. The molecule has 0 aliphatic rings. The summed E-state index contributed by atoms with van der Waals surface area (Å²) >= 11 is 3.32. The highest BCUT2D eigenvalue weighted by Gasteiger charge is 2.13. The second-order valence-electron chi connectivity index (χ2n) is 3.90. The molecule has 2 aromatic carbocycles. The molecule has 0 bridgehead atoms. The van der Waals surface area contributed by atoms with Crippen molar-refractivity contribution in [3.63, 3.8) is 0 Å². The minimum atomic E-state index is -0.538. The highest BCUT2D eigenvalue weighted by Crippen LogP contribution is 2.25. The van der Waals surface area contributed by atoms with Crippen LogP contribution in [0.4, 0.5) is 15.8 Å². The van der Waals surface area contributed by atoms with Gasteiger partial charge in [-0.2, -0.15) is 0 Å². The van der Waals surface area contributed by atoms with Gasteiger partial charge in [-0.05, 0) is 23.8 Å². The van der Waals surface area contributed by atoms with Crippen LogP contribution in [0.25, 0.3) is 0 Å². The summed E-state index contributed by atoms with van der Waals surface area (Å²) in [7, 11) is 0. The number of hydrogen-bond acceptors (Lipinski definition) is 3. The SMILES string of the molecule is O=[N+]([O-])c1ccc(F)cc1NCc1ccc(Br)cc1. The van der Waals surface area contributed by atoms with Crippen molar-refractivity contribution in [1.82, 2.24) is 0 Å². The van der Waals surface area contributed by atoms with Gasteiger partial charge in [0.1, 0.15) is 11.5 Å². The summed E-state index contributed by atoms with van der Waals surface area (Å²) in [6, 6.07) is 10.8. The van der Waals surface area contributed by atoms with Gasteiger partial charge < -0.3 is 5.32 Å². The number of nitrogens with one attached hydrogen (secondary N) is 1. The van der Waals surface area contributed by atoms with Crippen molar-refractivity contribution in [1.29, 1.82) is 0 Å². The van der Waals surface area contributed by atoms with Crippen molar-refractivity contribution in [2.45, 2.75) is 6.54 Å². The van der Waals surface area contributed by atoms with Gasteiger partial charge in [0.15, 0.2) is 0 Å². The average molecular weight is 325 g/mol. The van der Waals surface area contributed by atoms with Crippen LogP contribution in [0.2, 0.25) is 0 Å². The quantitative estimate of drug-likeness (QED) is 0.680. The molecule has 98 valence electrons. The van der Waals surface area contributed by atoms with Gasteiger partial charge >= 0.3 is 0 Å². The monoisotopic (exact) mass is 324 g/mol. The molecule has 0 aromatic heterocycles. The number of hydrogen-bond donors (Lipinski definition) is 1. The smallest absolute Gasteiger partial charge is 0.292 e. The third kappa shape index (κ3) is 3.51. The first-order valence-corrected chi connectivity index (χ1v) is 6.28. The van der Waals surface area contributed by atoms with E-state index >= 15 is 0 Å². The molecule has 0 radical (unpaired) electrons. The first-order valence-electron chi connectivity index (χ1n) is 5.48. The zero-order chi connectivity index (χ0) is 13.8. The molecule has 2 aromatic rings. The van der Waals surface area contributed by atoms with E-state index in [9.17, 15) is 14.5 Å². The fraction of sp³-hybridized carbons (Fsp3) is 0.0769. The lowest BCUT2D eigenvalue weighted by Gasteiger charge is -2.07. The van der Waals surface area contributed by atoms with Gasteiger partial charge in [-0.1, -0.05) is 28.1 Å². The largest absolute Gasteiger partial charge is 0.375 e. The summed E-state index contributed by atoms with van der Waals surface area (Å²) in [6.07, 6.45) is 0. The molecule has 0 saturated carbocycles. The maximum Gasteiger partial charge on any atom is 0.292 e. The normalized spacial score (nSPS) is 10.2. The number of nitro groups is 1. The Kier molecular flexibility index (Phi) is 4.11. The third-order valence-corrected chi connectivity index (χ3v) is 3.08. The zero-order valence-corrected chi connectivity index (χ0v) is 11.4. The van der Waals surface area contributed by atoms with E-state index < -0.39 is 10.7 Å². The van der Waals surface area contributed by atoms with Crippen LogP contribution in [0.1, 0.15) is 5.56 Å². The Morgan fingerprint density at radius 3 is 2.53 bits per heavy atom. The fourth-order valence-corrected chi connectivity index (χ4v) is 1.87. The number of nitrogens with zero attached hydrogens (tertiary/aromatic N) is 1. The van der Waals surface area contributed by atoms with E-state index in [1.54, 1.807) is 0 Å². The van der Waals surface area contributed by atoms with Gasteiger partial charge in [0.2, 0.25) is 0 Å². The Morgan fingerprint density at radius 2 is 1.89 bits per heavy atom. The Morgan fingerprint density at radius 1 is 1.21 bits per heavy atom. The Balaban J connectivity index is 2.16. The van der Waals surface area contributed by atoms with Gasteiger partial charge in [0, 0.05) is 23.2 Å². The maximum absolute atomic E-state index is 13.1. The van der Waals surface area contributed by atoms with Crippen molar-refractivity contribution < 1.29 is 9.31 Å². The van der Waals surface area contributed by atoms with E-state index in [1.165, 1.54) is 0 Å². The van der Waals surface area contributed by atoms with Gasteiger partial charge in [0.25, 0.3) is 5.69 Å². The molecule has 1 N–H and O–H groups in total. The third-order valence-electron chi connectivity index (χ3n) is 2.55. The minimum Gasteiger partial charge on any atom is -0.375 e. The Bertz CT molecular complexity index is 602. The van der Waals surface area contributed by atoms with E-state index in [4.69, 9.17) is 0 Å². The molecular weight excluding hydrogens is 315 g/mol. The van der Waals surface area contributed by atoms with Gasteiger partial charge in [-0.15, -0.1) is 0 Å². The zero-order valence-electron chi connectivity index (χ0n) is 9.77. The summed E-state index contributed by atoms with van der Waals surface area (Å²) in [5.41, 5.74) is 0.980. The molecule has 0 aliphatic heterocycles. The van der Waals surface area contributed by atoms with Crippen molar-refractivity contribution in [3.8, 4) is 0 Å². The van der Waals surface area contributed by atoms with E-state index in [-0.39, 0.29) is 11.4 Å². The van der Waals surface area contributed by atoms with Gasteiger partial charge in [-0.25, -0.2) is 4.39 Å². The Hall–Kier alpha value is -1.95. The van der Waals surface area contributed by atoms with Crippen LogP contribution < -0.4 is 5.32 Å². The van der Waals surface area contributed by atoms with Gasteiger partial charge in [-0.3, -0.25) is 10.1 Å². The van der Waals surface area contributed by atoms with Crippen LogP contribution in [-0.2, 0) is 6.54 Å². The predicted molar refractivity (Wildman–Crippen MR) is 74.5 cm³/mol. The van der Waals surface area contributed by atoms with Gasteiger partial charge in [0.05, 0.1) is 4.92 Å². The van der Waals surface area contributed by atoms with Crippen LogP contribution >= 0.6 is 15.9 Å². The summed E-state index contributed by atoms with van der Waals surface area (Å²) in [4.78, 5) is 10.3. The molecule has 2 rings (SSSR count). The summed E-state index contributed by atoms with van der Waals surface area (Å²) in [5.74, 6) is -0.510. The lowest BCUT2D eigenvalue weighted by molar-refractivity contribution is -0.384. The van der Waals surface area contributed by atoms with E-state index in [0.29, 0.717) is 6.54 Å². The molecule has 4 nitrogen and oxygen atoms in total. The first-order chi connectivity index (χ1) is 9.06. The molecule has 0 saturated heterocycles. The van der Waals surface area contributed by atoms with Crippen molar-refractivity contribution in [2.75, 3.05) is 5.32 Å². The molecular formula is C13H10BrFN2O2. The minimum absolute atomic E-state index is 0.140. The standard InChI is InChI=1S/C13H10BrFN2O2/c14-10-3-1-9(2-4-10)8-16-12-7-11(15)5-6-13(12)17(18)19/h1-7,16H,8H2.